The molecule has 1 N–H and O–H groups in total. The van der Waals surface area contributed by atoms with Crippen molar-refractivity contribution < 1.29 is 37.4 Å². The molecule has 0 aliphatic carbocycles. The Bertz CT molecular complexity index is 1700. The number of rotatable bonds is 8. The SMILES string of the molecule is COC(=O)c1ccc(CN(C(=O)C2Cc3ccccc3CN2C(=O)C(NC(=O)OC(C)(C)C)C(C)(C)C)[C@H](C)c2cccc(F)c2F)cc1. The average molecular weight is 678 g/mol. The summed E-state index contributed by atoms with van der Waals surface area (Å²) >= 11 is 0. The monoisotopic (exact) mass is 677 g/mol. The van der Waals surface area contributed by atoms with Gasteiger partial charge in [0.25, 0.3) is 0 Å². The van der Waals surface area contributed by atoms with Crippen molar-refractivity contribution in [3.8, 4) is 0 Å². The van der Waals surface area contributed by atoms with Crippen LogP contribution in [-0.4, -0.2) is 58.5 Å². The van der Waals surface area contributed by atoms with Gasteiger partial charge in [-0.2, -0.15) is 0 Å². The van der Waals surface area contributed by atoms with Crippen molar-refractivity contribution in [2.24, 2.45) is 5.41 Å². The molecule has 0 saturated carbocycles. The second-order valence-electron chi connectivity index (χ2n) is 14.4. The summed E-state index contributed by atoms with van der Waals surface area (Å²) in [4.78, 5) is 57.3. The van der Waals surface area contributed by atoms with Gasteiger partial charge in [0.15, 0.2) is 11.6 Å². The van der Waals surface area contributed by atoms with Crippen LogP contribution < -0.4 is 5.32 Å². The molecule has 1 aliphatic heterocycles. The number of carbonyl (C=O) groups excluding carboxylic acids is 4. The summed E-state index contributed by atoms with van der Waals surface area (Å²) in [5.41, 5.74) is 1.00. The van der Waals surface area contributed by atoms with Gasteiger partial charge in [0, 0.05) is 25.1 Å². The number of nitrogens with one attached hydrogen (secondary N) is 1. The van der Waals surface area contributed by atoms with Gasteiger partial charge in [-0.25, -0.2) is 18.4 Å². The quantitative estimate of drug-likeness (QED) is 0.265. The fourth-order valence-corrected chi connectivity index (χ4v) is 5.88. The minimum absolute atomic E-state index is 0.0345. The Morgan fingerprint density at radius 3 is 2.14 bits per heavy atom. The summed E-state index contributed by atoms with van der Waals surface area (Å²) in [6.07, 6.45) is -0.617. The van der Waals surface area contributed by atoms with Crippen molar-refractivity contribution >= 4 is 23.9 Å². The molecule has 11 heteroatoms. The Morgan fingerprint density at radius 1 is 0.918 bits per heavy atom. The van der Waals surface area contributed by atoms with E-state index in [-0.39, 0.29) is 25.1 Å². The van der Waals surface area contributed by atoms with E-state index in [4.69, 9.17) is 9.47 Å². The molecule has 3 amide bonds. The number of hydrogen-bond donors (Lipinski definition) is 1. The topological polar surface area (TPSA) is 105 Å². The molecule has 0 spiro atoms. The number of ether oxygens (including phenoxy) is 2. The number of fused-ring (bicyclic) bond motifs is 1. The number of methoxy groups -OCH3 is 1. The summed E-state index contributed by atoms with van der Waals surface area (Å²) in [5, 5.41) is 2.74. The zero-order valence-corrected chi connectivity index (χ0v) is 29.3. The van der Waals surface area contributed by atoms with Crippen LogP contribution in [0.4, 0.5) is 13.6 Å². The van der Waals surface area contributed by atoms with E-state index in [9.17, 15) is 23.6 Å². The van der Waals surface area contributed by atoms with E-state index in [1.165, 1.54) is 29.0 Å². The highest BCUT2D eigenvalue weighted by molar-refractivity contribution is 5.93. The molecule has 0 radical (unpaired) electrons. The number of halogens is 2. The number of esters is 1. The third-order valence-corrected chi connectivity index (χ3v) is 8.50. The number of hydrogen-bond acceptors (Lipinski definition) is 6. The van der Waals surface area contributed by atoms with Crippen LogP contribution in [-0.2, 0) is 38.6 Å². The molecular weight excluding hydrogens is 632 g/mol. The van der Waals surface area contributed by atoms with Crippen molar-refractivity contribution in [2.45, 2.75) is 91.7 Å². The van der Waals surface area contributed by atoms with Crippen molar-refractivity contribution in [1.29, 1.82) is 0 Å². The molecule has 3 aromatic carbocycles. The average Bonchev–Trinajstić information content (AvgIpc) is 3.04. The Balaban J connectivity index is 1.79. The van der Waals surface area contributed by atoms with Crippen molar-refractivity contribution in [2.75, 3.05) is 7.11 Å². The van der Waals surface area contributed by atoms with Gasteiger partial charge in [-0.05, 0) is 68.0 Å². The Kier molecular flexibility index (Phi) is 11.2. The molecule has 0 saturated heterocycles. The van der Waals surface area contributed by atoms with Crippen LogP contribution in [0.2, 0.25) is 0 Å². The van der Waals surface area contributed by atoms with Crippen molar-refractivity contribution in [3.05, 3.63) is 106 Å². The van der Waals surface area contributed by atoms with Gasteiger partial charge < -0.3 is 24.6 Å². The lowest BCUT2D eigenvalue weighted by molar-refractivity contribution is -0.151. The molecule has 3 aromatic rings. The maximum atomic E-state index is 15.2. The molecule has 3 atom stereocenters. The lowest BCUT2D eigenvalue weighted by Gasteiger charge is -2.43. The van der Waals surface area contributed by atoms with E-state index in [1.54, 1.807) is 72.7 Å². The first kappa shape index (κ1) is 37.0. The van der Waals surface area contributed by atoms with E-state index in [0.717, 1.165) is 17.2 Å². The molecule has 262 valence electrons. The van der Waals surface area contributed by atoms with Gasteiger partial charge in [0.05, 0.1) is 18.7 Å². The molecule has 0 aromatic heterocycles. The van der Waals surface area contributed by atoms with Gasteiger partial charge in [-0.1, -0.05) is 69.3 Å². The van der Waals surface area contributed by atoms with Gasteiger partial charge >= 0.3 is 12.1 Å². The Labute approximate surface area is 286 Å². The number of amides is 3. The van der Waals surface area contributed by atoms with Crippen LogP contribution in [0.15, 0.2) is 66.7 Å². The van der Waals surface area contributed by atoms with Crippen LogP contribution in [0, 0.1) is 17.0 Å². The van der Waals surface area contributed by atoms with Crippen LogP contribution in [0.25, 0.3) is 0 Å². The second-order valence-corrected chi connectivity index (χ2v) is 14.4. The first-order valence-corrected chi connectivity index (χ1v) is 16.2. The number of alkyl carbamates (subject to hydrolysis) is 1. The smallest absolute Gasteiger partial charge is 0.408 e. The fraction of sp³-hybridized carbons (Fsp3) is 0.421. The zero-order chi connectivity index (χ0) is 36.3. The fourth-order valence-electron chi connectivity index (χ4n) is 5.88. The molecule has 2 unspecified atom stereocenters. The molecular formula is C38H45F2N3O6. The normalized spacial score (nSPS) is 15.8. The van der Waals surface area contributed by atoms with Crippen molar-refractivity contribution in [3.63, 3.8) is 0 Å². The maximum Gasteiger partial charge on any atom is 0.408 e. The molecule has 4 rings (SSSR count). The van der Waals surface area contributed by atoms with Crippen LogP contribution in [0.5, 0.6) is 0 Å². The third kappa shape index (κ3) is 8.82. The lowest BCUT2D eigenvalue weighted by atomic mass is 9.84. The van der Waals surface area contributed by atoms with E-state index in [2.05, 4.69) is 5.32 Å². The van der Waals surface area contributed by atoms with Crippen LogP contribution in [0.1, 0.15) is 87.1 Å². The molecule has 0 fully saturated rings. The van der Waals surface area contributed by atoms with Gasteiger partial charge in [0.2, 0.25) is 11.8 Å². The third-order valence-electron chi connectivity index (χ3n) is 8.50. The van der Waals surface area contributed by atoms with Gasteiger partial charge in [-0.15, -0.1) is 0 Å². The second kappa shape index (κ2) is 14.8. The molecule has 1 aliphatic rings. The van der Waals surface area contributed by atoms with Gasteiger partial charge in [-0.3, -0.25) is 9.59 Å². The Morgan fingerprint density at radius 2 is 1.55 bits per heavy atom. The molecule has 0 bridgehead atoms. The van der Waals surface area contributed by atoms with E-state index < -0.39 is 64.7 Å². The molecule has 1 heterocycles. The summed E-state index contributed by atoms with van der Waals surface area (Å²) in [7, 11) is 1.27. The van der Waals surface area contributed by atoms with Crippen LogP contribution in [0.3, 0.4) is 0 Å². The van der Waals surface area contributed by atoms with E-state index in [1.807, 2.05) is 24.3 Å². The van der Waals surface area contributed by atoms with E-state index >= 15 is 4.39 Å². The van der Waals surface area contributed by atoms with Crippen LogP contribution >= 0.6 is 0 Å². The Hall–Kier alpha value is -4.80. The highest BCUT2D eigenvalue weighted by atomic mass is 19.2. The highest BCUT2D eigenvalue weighted by Gasteiger charge is 2.44. The lowest BCUT2D eigenvalue weighted by Crippen LogP contribution is -2.61. The van der Waals surface area contributed by atoms with Crippen molar-refractivity contribution in [1.82, 2.24) is 15.1 Å². The standard InChI is InChI=1S/C38H45F2N3O6/c1-23(28-14-11-15-29(39)31(28)40)42(21-24-16-18-25(19-17-24)35(46)48-8)33(44)30-20-26-12-9-10-13-27(26)22-43(30)34(45)32(37(2,3)4)41-36(47)49-38(5,6)7/h9-19,23,30,32H,20-22H2,1-8H3,(H,41,47)/t23-,30?,32?/m1/s1. The molecule has 49 heavy (non-hydrogen) atoms. The largest absolute Gasteiger partial charge is 0.465 e. The predicted molar refractivity (Wildman–Crippen MR) is 180 cm³/mol. The highest BCUT2D eigenvalue weighted by Crippen LogP contribution is 2.33. The van der Waals surface area contributed by atoms with Gasteiger partial charge in [0.1, 0.15) is 17.7 Å². The summed E-state index contributed by atoms with van der Waals surface area (Å²) in [5.74, 6) is -3.65. The first-order valence-electron chi connectivity index (χ1n) is 16.2. The minimum Gasteiger partial charge on any atom is -0.465 e. The zero-order valence-electron chi connectivity index (χ0n) is 29.3. The number of carbonyl (C=O) groups is 4. The molecule has 9 nitrogen and oxygen atoms in total. The first-order chi connectivity index (χ1) is 22.9. The number of nitrogens with zero attached hydrogens (tertiary/aromatic N) is 2. The van der Waals surface area contributed by atoms with E-state index in [0.29, 0.717) is 11.1 Å². The summed E-state index contributed by atoms with van der Waals surface area (Å²) < 4.78 is 40.0. The summed E-state index contributed by atoms with van der Waals surface area (Å²) in [6, 6.07) is 14.6. The summed E-state index contributed by atoms with van der Waals surface area (Å²) in [6.45, 7) is 12.2. The predicted octanol–water partition coefficient (Wildman–Crippen LogP) is 6.73. The maximum absolute atomic E-state index is 15.2. The minimum atomic E-state index is -1.08. The number of benzene rings is 3.